The van der Waals surface area contributed by atoms with Crippen molar-refractivity contribution in [2.24, 2.45) is 0 Å². The van der Waals surface area contributed by atoms with Crippen LogP contribution in [-0.4, -0.2) is 4.98 Å². The van der Waals surface area contributed by atoms with Gasteiger partial charge in [0.25, 0.3) is 0 Å². The molecule has 0 unspecified atom stereocenters. The van der Waals surface area contributed by atoms with Gasteiger partial charge in [-0.3, -0.25) is 0 Å². The zero-order chi connectivity index (χ0) is 14.7. The molecule has 0 amide bonds. The third kappa shape index (κ3) is 3.67. The molecule has 20 heavy (non-hydrogen) atoms. The molecule has 1 aromatic carbocycles. The van der Waals surface area contributed by atoms with E-state index in [4.69, 9.17) is 16.3 Å². The van der Waals surface area contributed by atoms with Gasteiger partial charge in [-0.15, -0.1) is 11.6 Å². The lowest BCUT2D eigenvalue weighted by molar-refractivity contribution is 0.448. The number of pyridine rings is 1. The van der Waals surface area contributed by atoms with Crippen LogP contribution >= 0.6 is 11.6 Å². The van der Waals surface area contributed by atoms with Crippen molar-refractivity contribution < 1.29 is 13.5 Å². The molecule has 0 aliphatic heterocycles. The summed E-state index contributed by atoms with van der Waals surface area (Å²) in [7, 11) is 0. The fraction of sp³-hybridized carbons (Fsp3) is 0.267. The maximum atomic E-state index is 13.1. The highest BCUT2D eigenvalue weighted by Crippen LogP contribution is 2.25. The average molecular weight is 298 g/mol. The summed E-state index contributed by atoms with van der Waals surface area (Å²) in [6, 6.07) is 6.54. The lowest BCUT2D eigenvalue weighted by Gasteiger charge is -2.11. The normalized spacial score (nSPS) is 10.9. The fourth-order valence-corrected chi connectivity index (χ4v) is 1.87. The molecule has 2 nitrogen and oxygen atoms in total. The van der Waals surface area contributed by atoms with E-state index in [1.165, 1.54) is 0 Å². The van der Waals surface area contributed by atoms with E-state index in [0.717, 1.165) is 29.5 Å². The van der Waals surface area contributed by atoms with E-state index in [0.29, 0.717) is 5.88 Å². The van der Waals surface area contributed by atoms with Crippen LogP contribution < -0.4 is 4.74 Å². The number of ether oxygens (including phenoxy) is 1. The minimum absolute atomic E-state index is 0.0661. The zero-order valence-corrected chi connectivity index (χ0v) is 11.9. The molecule has 1 heterocycles. The number of benzene rings is 1. The van der Waals surface area contributed by atoms with Gasteiger partial charge in [0.05, 0.1) is 0 Å². The van der Waals surface area contributed by atoms with Gasteiger partial charge in [0, 0.05) is 35.8 Å². The van der Waals surface area contributed by atoms with Crippen LogP contribution in [0.1, 0.15) is 31.0 Å². The lowest BCUT2D eigenvalue weighted by atomic mass is 10.1. The van der Waals surface area contributed by atoms with Gasteiger partial charge in [-0.1, -0.05) is 13.8 Å². The Hall–Kier alpha value is -1.68. The quantitative estimate of drug-likeness (QED) is 0.740. The Morgan fingerprint density at radius 2 is 1.75 bits per heavy atom. The highest BCUT2D eigenvalue weighted by atomic mass is 35.5. The van der Waals surface area contributed by atoms with Crippen LogP contribution in [0.5, 0.6) is 11.6 Å². The monoisotopic (exact) mass is 297 g/mol. The SMILES string of the molecule is CC(C)c1cc(CCl)cc(Oc2cc(F)cc(F)c2)n1. The summed E-state index contributed by atoms with van der Waals surface area (Å²) in [6.07, 6.45) is 0. The second-order valence-electron chi connectivity index (χ2n) is 4.73. The largest absolute Gasteiger partial charge is 0.439 e. The number of hydrogen-bond acceptors (Lipinski definition) is 2. The van der Waals surface area contributed by atoms with Crippen LogP contribution in [-0.2, 0) is 5.88 Å². The predicted molar refractivity (Wildman–Crippen MR) is 74.3 cm³/mol. The van der Waals surface area contributed by atoms with E-state index in [1.807, 2.05) is 19.9 Å². The van der Waals surface area contributed by atoms with Crippen molar-refractivity contribution >= 4 is 11.6 Å². The van der Waals surface area contributed by atoms with Gasteiger partial charge < -0.3 is 4.74 Å². The van der Waals surface area contributed by atoms with Crippen molar-refractivity contribution in [2.75, 3.05) is 0 Å². The molecule has 0 spiro atoms. The van der Waals surface area contributed by atoms with Crippen molar-refractivity contribution in [3.05, 3.63) is 53.2 Å². The molecule has 0 N–H and O–H groups in total. The molecule has 0 aliphatic rings. The molecular formula is C15H14ClF2NO. The average Bonchev–Trinajstić information content (AvgIpc) is 2.36. The standard InChI is InChI=1S/C15H14ClF2NO/c1-9(2)14-3-10(8-16)4-15(19-14)20-13-6-11(17)5-12(18)7-13/h3-7,9H,8H2,1-2H3. The Balaban J connectivity index is 2.34. The van der Waals surface area contributed by atoms with Gasteiger partial charge in [0.1, 0.15) is 17.4 Å². The van der Waals surface area contributed by atoms with Gasteiger partial charge in [-0.25, -0.2) is 13.8 Å². The van der Waals surface area contributed by atoms with Crippen LogP contribution in [0.3, 0.4) is 0 Å². The maximum absolute atomic E-state index is 13.1. The van der Waals surface area contributed by atoms with E-state index in [9.17, 15) is 8.78 Å². The van der Waals surface area contributed by atoms with E-state index in [2.05, 4.69) is 4.98 Å². The molecule has 0 atom stereocenters. The summed E-state index contributed by atoms with van der Waals surface area (Å²) in [5.41, 5.74) is 1.66. The van der Waals surface area contributed by atoms with Gasteiger partial charge >= 0.3 is 0 Å². The molecule has 0 saturated carbocycles. The Kier molecular flexibility index (Phi) is 4.55. The van der Waals surface area contributed by atoms with E-state index in [-0.39, 0.29) is 17.5 Å². The summed E-state index contributed by atoms with van der Waals surface area (Å²) >= 11 is 5.83. The van der Waals surface area contributed by atoms with Crippen LogP contribution in [0.4, 0.5) is 8.78 Å². The predicted octanol–water partition coefficient (Wildman–Crippen LogP) is 5.01. The molecule has 0 fully saturated rings. The molecule has 106 valence electrons. The topological polar surface area (TPSA) is 22.1 Å². The van der Waals surface area contributed by atoms with Crippen molar-refractivity contribution in [1.29, 1.82) is 0 Å². The maximum Gasteiger partial charge on any atom is 0.219 e. The zero-order valence-electron chi connectivity index (χ0n) is 11.2. The third-order valence-electron chi connectivity index (χ3n) is 2.69. The van der Waals surface area contributed by atoms with Crippen molar-refractivity contribution in [3.63, 3.8) is 0 Å². The first-order chi connectivity index (χ1) is 9.47. The Bertz CT molecular complexity index is 597. The number of rotatable bonds is 4. The van der Waals surface area contributed by atoms with E-state index < -0.39 is 11.6 Å². The molecule has 2 aromatic rings. The molecule has 0 radical (unpaired) electrons. The van der Waals surface area contributed by atoms with Crippen LogP contribution in [0, 0.1) is 11.6 Å². The van der Waals surface area contributed by atoms with E-state index >= 15 is 0 Å². The number of nitrogens with zero attached hydrogens (tertiary/aromatic N) is 1. The summed E-state index contributed by atoms with van der Waals surface area (Å²) in [5, 5.41) is 0. The van der Waals surface area contributed by atoms with Crippen molar-refractivity contribution in [1.82, 2.24) is 4.98 Å². The molecule has 1 aromatic heterocycles. The van der Waals surface area contributed by atoms with E-state index in [1.54, 1.807) is 6.07 Å². The summed E-state index contributed by atoms with van der Waals surface area (Å²) < 4.78 is 31.7. The minimum Gasteiger partial charge on any atom is -0.439 e. The Morgan fingerprint density at radius 3 is 2.30 bits per heavy atom. The first-order valence-electron chi connectivity index (χ1n) is 6.18. The summed E-state index contributed by atoms with van der Waals surface area (Å²) in [6.45, 7) is 3.98. The van der Waals surface area contributed by atoms with Crippen molar-refractivity contribution in [3.8, 4) is 11.6 Å². The summed E-state index contributed by atoms with van der Waals surface area (Å²) in [4.78, 5) is 4.31. The van der Waals surface area contributed by atoms with Crippen molar-refractivity contribution in [2.45, 2.75) is 25.6 Å². The molecule has 2 rings (SSSR count). The molecule has 0 bridgehead atoms. The van der Waals surface area contributed by atoms with Gasteiger partial charge in [-0.05, 0) is 17.5 Å². The lowest BCUT2D eigenvalue weighted by Crippen LogP contribution is -1.98. The third-order valence-corrected chi connectivity index (χ3v) is 2.99. The molecule has 0 saturated heterocycles. The van der Waals surface area contributed by atoms with Crippen LogP contribution in [0.2, 0.25) is 0 Å². The molecule has 0 aliphatic carbocycles. The second-order valence-corrected chi connectivity index (χ2v) is 5.00. The van der Waals surface area contributed by atoms with Gasteiger partial charge in [0.15, 0.2) is 0 Å². The molecule has 5 heteroatoms. The first-order valence-corrected chi connectivity index (χ1v) is 6.72. The minimum atomic E-state index is -0.697. The number of hydrogen-bond donors (Lipinski definition) is 0. The first kappa shape index (κ1) is 14.7. The summed E-state index contributed by atoms with van der Waals surface area (Å²) in [5.74, 6) is -0.538. The number of alkyl halides is 1. The van der Waals surface area contributed by atoms with Crippen LogP contribution in [0.25, 0.3) is 0 Å². The van der Waals surface area contributed by atoms with Gasteiger partial charge in [-0.2, -0.15) is 0 Å². The fourth-order valence-electron chi connectivity index (χ4n) is 1.72. The number of halogens is 3. The highest BCUT2D eigenvalue weighted by molar-refractivity contribution is 6.17. The smallest absolute Gasteiger partial charge is 0.219 e. The Morgan fingerprint density at radius 1 is 1.10 bits per heavy atom. The van der Waals surface area contributed by atoms with Gasteiger partial charge in [0.2, 0.25) is 5.88 Å². The number of aromatic nitrogens is 1. The van der Waals surface area contributed by atoms with Crippen LogP contribution in [0.15, 0.2) is 30.3 Å². The Labute approximate surface area is 121 Å². The highest BCUT2D eigenvalue weighted by Gasteiger charge is 2.09. The second kappa shape index (κ2) is 6.18. The molecular weight excluding hydrogens is 284 g/mol.